The molecule has 3 nitrogen and oxygen atoms in total. The summed E-state index contributed by atoms with van der Waals surface area (Å²) in [5, 5.41) is 3.36. The van der Waals surface area contributed by atoms with Crippen molar-refractivity contribution < 1.29 is 9.47 Å². The van der Waals surface area contributed by atoms with Gasteiger partial charge in [-0.2, -0.15) is 0 Å². The Labute approximate surface area is 116 Å². The smallest absolute Gasteiger partial charge is 0.122 e. The molecule has 1 saturated heterocycles. The highest BCUT2D eigenvalue weighted by Gasteiger charge is 2.18. The van der Waals surface area contributed by atoms with Gasteiger partial charge < -0.3 is 14.8 Å². The lowest BCUT2D eigenvalue weighted by Crippen LogP contribution is -2.33. The normalized spacial score (nSPS) is 18.3. The lowest BCUT2D eigenvalue weighted by Gasteiger charge is -2.27. The van der Waals surface area contributed by atoms with Gasteiger partial charge in [-0.15, -0.1) is 0 Å². The number of methoxy groups -OCH3 is 1. The summed E-state index contributed by atoms with van der Waals surface area (Å²) in [6.07, 6.45) is 3.75. The van der Waals surface area contributed by atoms with Crippen molar-refractivity contribution in [1.82, 2.24) is 5.32 Å². The standard InChI is InChI=1S/C16H25NO2/c1-4-13-11-14(5-6-16(13)18-3)12(2)19-15-7-9-17-10-8-15/h5-6,11-12,15,17H,4,7-10H2,1-3H3. The summed E-state index contributed by atoms with van der Waals surface area (Å²) in [6.45, 7) is 6.43. The third-order valence-corrected chi connectivity index (χ3v) is 3.84. The van der Waals surface area contributed by atoms with Gasteiger partial charge in [-0.25, -0.2) is 0 Å². The molecule has 3 heteroatoms. The van der Waals surface area contributed by atoms with Gasteiger partial charge in [0.25, 0.3) is 0 Å². The minimum atomic E-state index is 0.152. The van der Waals surface area contributed by atoms with Gasteiger partial charge in [0, 0.05) is 0 Å². The number of ether oxygens (including phenoxy) is 2. The van der Waals surface area contributed by atoms with Gasteiger partial charge in [-0.1, -0.05) is 13.0 Å². The Morgan fingerprint density at radius 3 is 2.68 bits per heavy atom. The molecule has 0 bridgehead atoms. The first-order chi connectivity index (χ1) is 9.24. The van der Waals surface area contributed by atoms with Crippen LogP contribution >= 0.6 is 0 Å². The van der Waals surface area contributed by atoms with Gasteiger partial charge in [0.2, 0.25) is 0 Å². The van der Waals surface area contributed by atoms with E-state index in [0.717, 1.165) is 38.1 Å². The molecule has 1 atom stereocenters. The summed E-state index contributed by atoms with van der Waals surface area (Å²) >= 11 is 0. The predicted octanol–water partition coefficient (Wildman–Crippen LogP) is 3.09. The molecule has 1 heterocycles. The Hall–Kier alpha value is -1.06. The van der Waals surface area contributed by atoms with Crippen LogP contribution in [0, 0.1) is 0 Å². The van der Waals surface area contributed by atoms with E-state index in [2.05, 4.69) is 37.4 Å². The maximum Gasteiger partial charge on any atom is 0.122 e. The van der Waals surface area contributed by atoms with E-state index in [1.807, 2.05) is 0 Å². The molecule has 1 unspecified atom stereocenters. The molecule has 19 heavy (non-hydrogen) atoms. The van der Waals surface area contributed by atoms with Crippen molar-refractivity contribution in [1.29, 1.82) is 0 Å². The van der Waals surface area contributed by atoms with Gasteiger partial charge >= 0.3 is 0 Å². The van der Waals surface area contributed by atoms with Crippen molar-refractivity contribution in [3.63, 3.8) is 0 Å². The van der Waals surface area contributed by atoms with Crippen molar-refractivity contribution >= 4 is 0 Å². The number of hydrogen-bond acceptors (Lipinski definition) is 3. The molecular weight excluding hydrogens is 238 g/mol. The zero-order valence-electron chi connectivity index (χ0n) is 12.2. The zero-order valence-corrected chi connectivity index (χ0v) is 12.2. The summed E-state index contributed by atoms with van der Waals surface area (Å²) in [4.78, 5) is 0. The second-order valence-electron chi connectivity index (χ2n) is 5.15. The van der Waals surface area contributed by atoms with Crippen molar-refractivity contribution in [2.24, 2.45) is 0 Å². The predicted molar refractivity (Wildman–Crippen MR) is 77.8 cm³/mol. The Kier molecular flexibility index (Phi) is 5.23. The third kappa shape index (κ3) is 3.71. The second-order valence-corrected chi connectivity index (χ2v) is 5.15. The van der Waals surface area contributed by atoms with E-state index in [4.69, 9.17) is 9.47 Å². The number of aryl methyl sites for hydroxylation is 1. The lowest BCUT2D eigenvalue weighted by molar-refractivity contribution is -0.0187. The van der Waals surface area contributed by atoms with Gasteiger partial charge in [-0.3, -0.25) is 0 Å². The van der Waals surface area contributed by atoms with Gasteiger partial charge in [0.05, 0.1) is 19.3 Å². The Bertz CT molecular complexity index is 400. The zero-order chi connectivity index (χ0) is 13.7. The molecule has 2 rings (SSSR count). The highest BCUT2D eigenvalue weighted by molar-refractivity contribution is 5.38. The van der Waals surface area contributed by atoms with Gasteiger partial charge in [0.1, 0.15) is 5.75 Å². The number of piperidine rings is 1. The average Bonchev–Trinajstić information content (AvgIpc) is 2.47. The third-order valence-electron chi connectivity index (χ3n) is 3.84. The molecule has 1 aromatic carbocycles. The molecule has 0 radical (unpaired) electrons. The highest BCUT2D eigenvalue weighted by Crippen LogP contribution is 2.27. The fourth-order valence-electron chi connectivity index (χ4n) is 2.63. The van der Waals surface area contributed by atoms with Crippen LogP contribution in [0.15, 0.2) is 18.2 Å². The van der Waals surface area contributed by atoms with Crippen molar-refractivity contribution in [3.8, 4) is 5.75 Å². The SMILES string of the molecule is CCc1cc(C(C)OC2CCNCC2)ccc1OC. The number of rotatable bonds is 5. The first kappa shape index (κ1) is 14.4. The fraction of sp³-hybridized carbons (Fsp3) is 0.625. The molecule has 1 aliphatic rings. The lowest BCUT2D eigenvalue weighted by atomic mass is 10.0. The van der Waals surface area contributed by atoms with Gasteiger partial charge in [-0.05, 0) is 62.5 Å². The minimum Gasteiger partial charge on any atom is -0.496 e. The molecule has 1 aliphatic heterocycles. The van der Waals surface area contributed by atoms with Crippen LogP contribution in [0.4, 0.5) is 0 Å². The maximum atomic E-state index is 6.17. The van der Waals surface area contributed by atoms with Crippen molar-refractivity contribution in [3.05, 3.63) is 29.3 Å². The monoisotopic (exact) mass is 263 g/mol. The summed E-state index contributed by atoms with van der Waals surface area (Å²) in [6, 6.07) is 6.38. The second kappa shape index (κ2) is 6.92. The number of hydrogen-bond donors (Lipinski definition) is 1. The number of nitrogens with one attached hydrogen (secondary N) is 1. The number of benzene rings is 1. The van der Waals surface area contributed by atoms with Crippen LogP contribution in [-0.4, -0.2) is 26.3 Å². The highest BCUT2D eigenvalue weighted by atomic mass is 16.5. The fourth-order valence-corrected chi connectivity index (χ4v) is 2.63. The average molecular weight is 263 g/mol. The first-order valence-corrected chi connectivity index (χ1v) is 7.27. The quantitative estimate of drug-likeness (QED) is 0.885. The van der Waals surface area contributed by atoms with Crippen LogP contribution in [0.1, 0.15) is 43.9 Å². The van der Waals surface area contributed by atoms with Crippen LogP contribution in [-0.2, 0) is 11.2 Å². The molecule has 0 aliphatic carbocycles. The van der Waals surface area contributed by atoms with Crippen LogP contribution in [0.25, 0.3) is 0 Å². The molecule has 0 amide bonds. The van der Waals surface area contributed by atoms with Crippen molar-refractivity contribution in [2.75, 3.05) is 20.2 Å². The molecule has 106 valence electrons. The van der Waals surface area contributed by atoms with E-state index in [-0.39, 0.29) is 6.10 Å². The maximum absolute atomic E-state index is 6.17. The topological polar surface area (TPSA) is 30.5 Å². The molecule has 0 aromatic heterocycles. The molecule has 1 N–H and O–H groups in total. The van der Waals surface area contributed by atoms with Crippen molar-refractivity contribution in [2.45, 2.75) is 45.3 Å². The Morgan fingerprint density at radius 1 is 1.32 bits per heavy atom. The van der Waals surface area contributed by atoms with Crippen LogP contribution < -0.4 is 10.1 Å². The molecule has 0 saturated carbocycles. The molecule has 1 aromatic rings. The van der Waals surface area contributed by atoms with E-state index in [1.54, 1.807) is 7.11 Å². The Morgan fingerprint density at radius 2 is 2.05 bits per heavy atom. The van der Waals surface area contributed by atoms with Crippen LogP contribution in [0.2, 0.25) is 0 Å². The van der Waals surface area contributed by atoms with E-state index >= 15 is 0 Å². The molecule has 1 fully saturated rings. The molecule has 0 spiro atoms. The van der Waals surface area contributed by atoms with E-state index in [9.17, 15) is 0 Å². The summed E-state index contributed by atoms with van der Waals surface area (Å²) in [5.74, 6) is 0.973. The summed E-state index contributed by atoms with van der Waals surface area (Å²) in [7, 11) is 1.73. The minimum absolute atomic E-state index is 0.152. The van der Waals surface area contributed by atoms with E-state index < -0.39 is 0 Å². The molecular formula is C16H25NO2. The summed E-state index contributed by atoms with van der Waals surface area (Å²) in [5.41, 5.74) is 2.50. The van der Waals surface area contributed by atoms with Crippen LogP contribution in [0.3, 0.4) is 0 Å². The van der Waals surface area contributed by atoms with Gasteiger partial charge in [0.15, 0.2) is 0 Å². The first-order valence-electron chi connectivity index (χ1n) is 7.27. The Balaban J connectivity index is 2.03. The van der Waals surface area contributed by atoms with Crippen LogP contribution in [0.5, 0.6) is 5.75 Å². The largest absolute Gasteiger partial charge is 0.496 e. The van der Waals surface area contributed by atoms with E-state index in [0.29, 0.717) is 6.10 Å². The summed E-state index contributed by atoms with van der Waals surface area (Å²) < 4.78 is 11.5. The van der Waals surface area contributed by atoms with E-state index in [1.165, 1.54) is 11.1 Å².